The molecule has 2 aromatic rings. The van der Waals surface area contributed by atoms with Crippen LogP contribution in [0.3, 0.4) is 0 Å². The van der Waals surface area contributed by atoms with E-state index in [2.05, 4.69) is 5.32 Å². The molecule has 2 atom stereocenters. The maximum absolute atomic E-state index is 12.0. The van der Waals surface area contributed by atoms with Crippen molar-refractivity contribution in [2.45, 2.75) is 19.4 Å². The summed E-state index contributed by atoms with van der Waals surface area (Å²) in [6.45, 7) is 1.78. The lowest BCUT2D eigenvalue weighted by molar-refractivity contribution is -0.146. The van der Waals surface area contributed by atoms with Crippen molar-refractivity contribution >= 4 is 11.9 Å². The van der Waals surface area contributed by atoms with E-state index in [4.69, 9.17) is 9.15 Å². The molecule has 5 nitrogen and oxygen atoms in total. The molecule has 0 saturated carbocycles. The lowest BCUT2D eigenvalue weighted by Gasteiger charge is -2.22. The van der Waals surface area contributed by atoms with Crippen molar-refractivity contribution in [1.29, 1.82) is 0 Å². The molecule has 0 aliphatic heterocycles. The molecule has 0 fully saturated rings. The van der Waals surface area contributed by atoms with Gasteiger partial charge in [-0.2, -0.15) is 0 Å². The average Bonchev–Trinajstić information content (AvgIpc) is 3.07. The standard InChI is InChI=1S/C17H19NO4/c1-12(18-16(19)15-9-6-10-22-15)14(17(20)21-2)11-13-7-4-3-5-8-13/h3-10,12,14H,11H2,1-2H3,(H,18,19)/t12-,14-/m1/s1. The molecule has 5 heteroatoms. The minimum Gasteiger partial charge on any atom is -0.469 e. The Morgan fingerprint density at radius 1 is 1.18 bits per heavy atom. The smallest absolute Gasteiger partial charge is 0.311 e. The van der Waals surface area contributed by atoms with E-state index in [1.54, 1.807) is 19.1 Å². The largest absolute Gasteiger partial charge is 0.469 e. The van der Waals surface area contributed by atoms with E-state index < -0.39 is 5.92 Å². The van der Waals surface area contributed by atoms with Gasteiger partial charge in [0.2, 0.25) is 0 Å². The second kappa shape index (κ2) is 7.45. The van der Waals surface area contributed by atoms with Crippen LogP contribution in [0, 0.1) is 5.92 Å². The Balaban J connectivity index is 2.07. The number of nitrogens with one attached hydrogen (secondary N) is 1. The number of benzene rings is 1. The minimum absolute atomic E-state index is 0.218. The molecule has 0 aliphatic rings. The fourth-order valence-corrected chi connectivity index (χ4v) is 2.27. The fourth-order valence-electron chi connectivity index (χ4n) is 2.27. The number of furan rings is 1. The van der Waals surface area contributed by atoms with Crippen LogP contribution in [0.2, 0.25) is 0 Å². The lowest BCUT2D eigenvalue weighted by Crippen LogP contribution is -2.42. The first kappa shape index (κ1) is 15.8. The van der Waals surface area contributed by atoms with Crippen LogP contribution in [0.15, 0.2) is 53.1 Å². The van der Waals surface area contributed by atoms with Crippen LogP contribution < -0.4 is 5.32 Å². The molecule has 1 aromatic heterocycles. The molecule has 1 heterocycles. The molecule has 0 radical (unpaired) electrons. The summed E-state index contributed by atoms with van der Waals surface area (Å²) in [5.41, 5.74) is 1.01. The maximum Gasteiger partial charge on any atom is 0.311 e. The van der Waals surface area contributed by atoms with E-state index in [0.29, 0.717) is 6.42 Å². The summed E-state index contributed by atoms with van der Waals surface area (Å²) in [5.74, 6) is -0.947. The molecular formula is C17H19NO4. The highest BCUT2D eigenvalue weighted by molar-refractivity contribution is 5.92. The van der Waals surface area contributed by atoms with Gasteiger partial charge in [0, 0.05) is 6.04 Å². The van der Waals surface area contributed by atoms with Crippen LogP contribution in [0.5, 0.6) is 0 Å². The summed E-state index contributed by atoms with van der Waals surface area (Å²) in [7, 11) is 1.35. The monoisotopic (exact) mass is 301 g/mol. The molecule has 0 bridgehead atoms. The number of hydrogen-bond donors (Lipinski definition) is 1. The van der Waals surface area contributed by atoms with Gasteiger partial charge in [0.05, 0.1) is 19.3 Å². The minimum atomic E-state index is -0.466. The van der Waals surface area contributed by atoms with Crippen molar-refractivity contribution in [3.05, 3.63) is 60.1 Å². The Bertz CT molecular complexity index is 607. The molecule has 22 heavy (non-hydrogen) atoms. The van der Waals surface area contributed by atoms with Crippen LogP contribution in [-0.4, -0.2) is 25.0 Å². The molecule has 2 rings (SSSR count). The van der Waals surface area contributed by atoms with Crippen LogP contribution in [0.25, 0.3) is 0 Å². The summed E-state index contributed by atoms with van der Waals surface area (Å²) in [5, 5.41) is 2.78. The number of amides is 1. The van der Waals surface area contributed by atoms with E-state index >= 15 is 0 Å². The Labute approximate surface area is 129 Å². The number of esters is 1. The number of methoxy groups -OCH3 is 1. The summed E-state index contributed by atoms with van der Waals surface area (Å²) in [6, 6.07) is 12.5. The van der Waals surface area contributed by atoms with Crippen LogP contribution in [0.1, 0.15) is 23.0 Å². The summed E-state index contributed by atoms with van der Waals surface area (Å²) < 4.78 is 9.92. The SMILES string of the molecule is COC(=O)[C@H](Cc1ccccc1)[C@@H](C)NC(=O)c1ccco1. The van der Waals surface area contributed by atoms with Gasteiger partial charge < -0.3 is 14.5 Å². The number of carbonyl (C=O) groups is 2. The van der Waals surface area contributed by atoms with Gasteiger partial charge in [-0.15, -0.1) is 0 Å². The van der Waals surface area contributed by atoms with E-state index in [1.807, 2.05) is 30.3 Å². The van der Waals surface area contributed by atoms with Crippen molar-refractivity contribution in [3.8, 4) is 0 Å². The first-order valence-corrected chi connectivity index (χ1v) is 7.08. The van der Waals surface area contributed by atoms with Gasteiger partial charge in [-0.3, -0.25) is 9.59 Å². The van der Waals surface area contributed by atoms with Crippen molar-refractivity contribution in [2.24, 2.45) is 5.92 Å². The molecule has 0 spiro atoms. The summed E-state index contributed by atoms with van der Waals surface area (Å²) in [6.07, 6.45) is 1.93. The predicted octanol–water partition coefficient (Wildman–Crippen LogP) is 2.43. The number of hydrogen-bond acceptors (Lipinski definition) is 4. The summed E-state index contributed by atoms with van der Waals surface area (Å²) >= 11 is 0. The highest BCUT2D eigenvalue weighted by atomic mass is 16.5. The normalized spacial score (nSPS) is 13.2. The first-order valence-electron chi connectivity index (χ1n) is 7.08. The van der Waals surface area contributed by atoms with Crippen molar-refractivity contribution < 1.29 is 18.7 Å². The average molecular weight is 301 g/mol. The molecule has 1 aromatic carbocycles. The zero-order valence-electron chi connectivity index (χ0n) is 12.6. The van der Waals surface area contributed by atoms with Gasteiger partial charge in [-0.1, -0.05) is 30.3 Å². The van der Waals surface area contributed by atoms with E-state index in [-0.39, 0.29) is 23.7 Å². The van der Waals surface area contributed by atoms with E-state index in [0.717, 1.165) is 5.56 Å². The van der Waals surface area contributed by atoms with Crippen LogP contribution >= 0.6 is 0 Å². The van der Waals surface area contributed by atoms with Gasteiger partial charge >= 0.3 is 5.97 Å². The quantitative estimate of drug-likeness (QED) is 0.832. The molecule has 1 N–H and O–H groups in total. The number of carbonyl (C=O) groups excluding carboxylic acids is 2. The Hall–Kier alpha value is -2.56. The zero-order chi connectivity index (χ0) is 15.9. The third kappa shape index (κ3) is 3.97. The van der Waals surface area contributed by atoms with Gasteiger partial charge in [-0.05, 0) is 31.0 Å². The van der Waals surface area contributed by atoms with Gasteiger partial charge in [0.25, 0.3) is 5.91 Å². The van der Waals surface area contributed by atoms with Crippen LogP contribution in [-0.2, 0) is 16.0 Å². The van der Waals surface area contributed by atoms with Crippen molar-refractivity contribution in [1.82, 2.24) is 5.32 Å². The highest BCUT2D eigenvalue weighted by Crippen LogP contribution is 2.15. The van der Waals surface area contributed by atoms with Crippen LogP contribution in [0.4, 0.5) is 0 Å². The van der Waals surface area contributed by atoms with Gasteiger partial charge in [0.1, 0.15) is 0 Å². The number of ether oxygens (including phenoxy) is 1. The topological polar surface area (TPSA) is 68.5 Å². The second-order valence-corrected chi connectivity index (χ2v) is 5.06. The first-order chi connectivity index (χ1) is 10.6. The Kier molecular flexibility index (Phi) is 5.36. The second-order valence-electron chi connectivity index (χ2n) is 5.06. The lowest BCUT2D eigenvalue weighted by atomic mass is 9.93. The predicted molar refractivity (Wildman–Crippen MR) is 81.3 cm³/mol. The zero-order valence-corrected chi connectivity index (χ0v) is 12.6. The van der Waals surface area contributed by atoms with Gasteiger partial charge in [-0.25, -0.2) is 0 Å². The fraction of sp³-hybridized carbons (Fsp3) is 0.294. The van der Waals surface area contributed by atoms with E-state index in [1.165, 1.54) is 13.4 Å². The Morgan fingerprint density at radius 3 is 2.50 bits per heavy atom. The van der Waals surface area contributed by atoms with Gasteiger partial charge in [0.15, 0.2) is 5.76 Å². The van der Waals surface area contributed by atoms with Crippen molar-refractivity contribution in [2.75, 3.05) is 7.11 Å². The molecule has 1 amide bonds. The molecule has 0 saturated heterocycles. The molecule has 116 valence electrons. The highest BCUT2D eigenvalue weighted by Gasteiger charge is 2.28. The third-order valence-corrected chi connectivity index (χ3v) is 3.51. The molecule has 0 unspecified atom stereocenters. The Morgan fingerprint density at radius 2 is 1.91 bits per heavy atom. The number of rotatable bonds is 6. The third-order valence-electron chi connectivity index (χ3n) is 3.51. The van der Waals surface area contributed by atoms with Crippen molar-refractivity contribution in [3.63, 3.8) is 0 Å². The van der Waals surface area contributed by atoms with E-state index in [9.17, 15) is 9.59 Å². The molecular weight excluding hydrogens is 282 g/mol. The molecule has 0 aliphatic carbocycles. The maximum atomic E-state index is 12.0. The summed E-state index contributed by atoms with van der Waals surface area (Å²) in [4.78, 5) is 24.1.